The maximum atomic E-state index is 11.2. The Morgan fingerprint density at radius 3 is 2.37 bits per heavy atom. The average Bonchev–Trinajstić information content (AvgIpc) is 2.48. The average molecular weight is 260 g/mol. The summed E-state index contributed by atoms with van der Waals surface area (Å²) in [7, 11) is 2.83. The second kappa shape index (κ2) is 5.81. The molecule has 1 heterocycles. The molecule has 0 saturated heterocycles. The SMILES string of the molecule is COC(=O)c1cnc(Oc2ccccc2OC)cn1. The first kappa shape index (κ1) is 12.8. The van der Waals surface area contributed by atoms with Crippen molar-refractivity contribution in [1.29, 1.82) is 0 Å². The lowest BCUT2D eigenvalue weighted by molar-refractivity contribution is 0.0593. The minimum absolute atomic E-state index is 0.120. The van der Waals surface area contributed by atoms with Gasteiger partial charge in [-0.25, -0.2) is 14.8 Å². The van der Waals surface area contributed by atoms with Crippen LogP contribution in [0.4, 0.5) is 0 Å². The van der Waals surface area contributed by atoms with Crippen molar-refractivity contribution in [3.8, 4) is 17.4 Å². The van der Waals surface area contributed by atoms with E-state index >= 15 is 0 Å². The van der Waals surface area contributed by atoms with E-state index in [-0.39, 0.29) is 11.6 Å². The molecule has 19 heavy (non-hydrogen) atoms. The van der Waals surface area contributed by atoms with Crippen molar-refractivity contribution < 1.29 is 19.0 Å². The van der Waals surface area contributed by atoms with Crippen LogP contribution in [-0.4, -0.2) is 30.2 Å². The van der Waals surface area contributed by atoms with Crippen LogP contribution in [0.25, 0.3) is 0 Å². The molecular formula is C13H12N2O4. The zero-order valence-electron chi connectivity index (χ0n) is 10.5. The van der Waals surface area contributed by atoms with Gasteiger partial charge >= 0.3 is 5.97 Å². The van der Waals surface area contributed by atoms with E-state index in [1.165, 1.54) is 19.5 Å². The molecule has 1 aromatic heterocycles. The number of methoxy groups -OCH3 is 2. The Labute approximate surface area is 110 Å². The van der Waals surface area contributed by atoms with Gasteiger partial charge in [-0.3, -0.25) is 0 Å². The highest BCUT2D eigenvalue weighted by atomic mass is 16.5. The van der Waals surface area contributed by atoms with E-state index in [0.717, 1.165) is 0 Å². The van der Waals surface area contributed by atoms with Crippen molar-refractivity contribution in [2.75, 3.05) is 14.2 Å². The van der Waals surface area contributed by atoms with Crippen molar-refractivity contribution in [3.63, 3.8) is 0 Å². The maximum Gasteiger partial charge on any atom is 0.358 e. The molecule has 2 aromatic rings. The molecule has 0 spiro atoms. The zero-order valence-corrected chi connectivity index (χ0v) is 10.5. The predicted octanol–water partition coefficient (Wildman–Crippen LogP) is 2.06. The van der Waals surface area contributed by atoms with E-state index in [9.17, 15) is 4.79 Å². The number of para-hydroxylation sites is 2. The fourth-order valence-electron chi connectivity index (χ4n) is 1.39. The van der Waals surface area contributed by atoms with Gasteiger partial charge in [0.2, 0.25) is 5.88 Å². The van der Waals surface area contributed by atoms with Crippen LogP contribution < -0.4 is 9.47 Å². The molecule has 1 aromatic carbocycles. The first-order valence-corrected chi connectivity index (χ1v) is 5.46. The largest absolute Gasteiger partial charge is 0.493 e. The summed E-state index contributed by atoms with van der Waals surface area (Å²) in [6.07, 6.45) is 2.63. The molecule has 0 atom stereocenters. The van der Waals surface area contributed by atoms with Crippen molar-refractivity contribution in [3.05, 3.63) is 42.4 Å². The molecule has 0 aliphatic rings. The third kappa shape index (κ3) is 2.98. The highest BCUT2D eigenvalue weighted by Crippen LogP contribution is 2.29. The van der Waals surface area contributed by atoms with Crippen molar-refractivity contribution >= 4 is 5.97 Å². The molecule has 0 aliphatic heterocycles. The van der Waals surface area contributed by atoms with Gasteiger partial charge in [0, 0.05) is 0 Å². The van der Waals surface area contributed by atoms with Crippen LogP contribution in [0.15, 0.2) is 36.7 Å². The smallest absolute Gasteiger partial charge is 0.358 e. The van der Waals surface area contributed by atoms with Gasteiger partial charge in [-0.15, -0.1) is 0 Å². The van der Waals surface area contributed by atoms with E-state index in [0.29, 0.717) is 11.5 Å². The van der Waals surface area contributed by atoms with Crippen LogP contribution in [0.2, 0.25) is 0 Å². The Balaban J connectivity index is 2.17. The van der Waals surface area contributed by atoms with Gasteiger partial charge in [-0.2, -0.15) is 0 Å². The highest BCUT2D eigenvalue weighted by molar-refractivity contribution is 5.86. The van der Waals surface area contributed by atoms with Crippen molar-refractivity contribution in [2.45, 2.75) is 0 Å². The summed E-state index contributed by atoms with van der Waals surface area (Å²) in [5, 5.41) is 0. The monoisotopic (exact) mass is 260 g/mol. The van der Waals surface area contributed by atoms with Gasteiger partial charge in [0.05, 0.1) is 26.6 Å². The molecule has 0 unspecified atom stereocenters. The van der Waals surface area contributed by atoms with E-state index in [1.54, 1.807) is 19.2 Å². The van der Waals surface area contributed by atoms with Gasteiger partial charge in [0.15, 0.2) is 17.2 Å². The summed E-state index contributed by atoms with van der Waals surface area (Å²) in [6, 6.07) is 7.16. The van der Waals surface area contributed by atoms with Gasteiger partial charge < -0.3 is 14.2 Å². The van der Waals surface area contributed by atoms with Crippen LogP contribution >= 0.6 is 0 Å². The minimum Gasteiger partial charge on any atom is -0.493 e. The predicted molar refractivity (Wildman–Crippen MR) is 66.4 cm³/mol. The highest BCUT2D eigenvalue weighted by Gasteiger charge is 2.09. The quantitative estimate of drug-likeness (QED) is 0.784. The first-order valence-electron chi connectivity index (χ1n) is 5.46. The number of ether oxygens (including phenoxy) is 3. The Bertz CT molecular complexity index is 569. The van der Waals surface area contributed by atoms with Crippen LogP contribution in [0.3, 0.4) is 0 Å². The Morgan fingerprint density at radius 1 is 1.05 bits per heavy atom. The number of hydrogen-bond acceptors (Lipinski definition) is 6. The summed E-state index contributed by atoms with van der Waals surface area (Å²) >= 11 is 0. The van der Waals surface area contributed by atoms with Gasteiger partial charge in [-0.05, 0) is 12.1 Å². The molecule has 0 aliphatic carbocycles. The molecule has 0 saturated carbocycles. The number of aromatic nitrogens is 2. The number of nitrogens with zero attached hydrogens (tertiary/aromatic N) is 2. The van der Waals surface area contributed by atoms with Crippen LogP contribution in [-0.2, 0) is 4.74 Å². The number of carbonyl (C=O) groups excluding carboxylic acids is 1. The molecule has 0 N–H and O–H groups in total. The Kier molecular flexibility index (Phi) is 3.92. The van der Waals surface area contributed by atoms with Crippen LogP contribution in [0.5, 0.6) is 17.4 Å². The number of benzene rings is 1. The standard InChI is InChI=1S/C13H12N2O4/c1-17-10-5-3-4-6-11(10)19-12-8-14-9(7-15-12)13(16)18-2/h3-8H,1-2H3. The second-order valence-corrected chi connectivity index (χ2v) is 3.48. The molecule has 0 amide bonds. The summed E-state index contributed by atoms with van der Waals surface area (Å²) in [5.41, 5.74) is 0.120. The summed E-state index contributed by atoms with van der Waals surface area (Å²) in [6.45, 7) is 0. The second-order valence-electron chi connectivity index (χ2n) is 3.48. The van der Waals surface area contributed by atoms with E-state index < -0.39 is 5.97 Å². The minimum atomic E-state index is -0.545. The number of esters is 1. The van der Waals surface area contributed by atoms with E-state index in [1.807, 2.05) is 12.1 Å². The van der Waals surface area contributed by atoms with Gasteiger partial charge in [0.1, 0.15) is 0 Å². The molecule has 2 rings (SSSR count). The first-order chi connectivity index (χ1) is 9.24. The van der Waals surface area contributed by atoms with E-state index in [4.69, 9.17) is 9.47 Å². The molecule has 0 radical (unpaired) electrons. The molecule has 6 heteroatoms. The van der Waals surface area contributed by atoms with Crippen molar-refractivity contribution in [2.24, 2.45) is 0 Å². The molecule has 6 nitrogen and oxygen atoms in total. The van der Waals surface area contributed by atoms with E-state index in [2.05, 4.69) is 14.7 Å². The van der Waals surface area contributed by atoms with Crippen LogP contribution in [0, 0.1) is 0 Å². The fourth-order valence-corrected chi connectivity index (χ4v) is 1.39. The topological polar surface area (TPSA) is 70.5 Å². The lowest BCUT2D eigenvalue weighted by Crippen LogP contribution is -2.04. The third-order valence-electron chi connectivity index (χ3n) is 2.31. The number of carbonyl (C=O) groups is 1. The molecule has 0 fully saturated rings. The lowest BCUT2D eigenvalue weighted by atomic mass is 10.3. The van der Waals surface area contributed by atoms with Crippen molar-refractivity contribution in [1.82, 2.24) is 9.97 Å². The zero-order chi connectivity index (χ0) is 13.7. The molecule has 0 bridgehead atoms. The summed E-state index contributed by atoms with van der Waals surface area (Å²) < 4.78 is 15.2. The summed E-state index contributed by atoms with van der Waals surface area (Å²) in [5.74, 6) is 0.819. The third-order valence-corrected chi connectivity index (χ3v) is 2.31. The number of hydrogen-bond donors (Lipinski definition) is 0. The van der Waals surface area contributed by atoms with Crippen LogP contribution in [0.1, 0.15) is 10.5 Å². The molecule has 98 valence electrons. The summed E-state index contributed by atoms with van der Waals surface area (Å²) in [4.78, 5) is 19.1. The Hall–Kier alpha value is -2.63. The van der Waals surface area contributed by atoms with Gasteiger partial charge in [0.25, 0.3) is 0 Å². The normalized spacial score (nSPS) is 9.79. The van der Waals surface area contributed by atoms with Gasteiger partial charge in [-0.1, -0.05) is 12.1 Å². The maximum absolute atomic E-state index is 11.2. The lowest BCUT2D eigenvalue weighted by Gasteiger charge is -2.08. The fraction of sp³-hybridized carbons (Fsp3) is 0.154. The molecular weight excluding hydrogens is 248 g/mol. The Morgan fingerprint density at radius 2 is 1.79 bits per heavy atom. The number of rotatable bonds is 4.